The van der Waals surface area contributed by atoms with E-state index in [2.05, 4.69) is 25.8 Å². The van der Waals surface area contributed by atoms with Gasteiger partial charge in [-0.2, -0.15) is 10.1 Å². The standard InChI is InChI=1S/C19H24N6O3/c1-19(2,3)28-18(27)22-14(16(26)23-17-20-11-21-24-17)9-12-10-25(4)15-8-6-5-7-13(12)15/h5-8,10-11,14H,9H2,1-4H3,(H,22,27)(H2,20,21,23,24,26). The molecule has 0 fully saturated rings. The number of fused-ring (bicyclic) bond motifs is 1. The molecule has 1 aromatic carbocycles. The number of nitrogens with zero attached hydrogens (tertiary/aromatic N) is 3. The lowest BCUT2D eigenvalue weighted by atomic mass is 10.0. The molecule has 28 heavy (non-hydrogen) atoms. The second-order valence-corrected chi connectivity index (χ2v) is 7.51. The van der Waals surface area contributed by atoms with Crippen LogP contribution in [0.3, 0.4) is 0 Å². The summed E-state index contributed by atoms with van der Waals surface area (Å²) >= 11 is 0. The summed E-state index contributed by atoms with van der Waals surface area (Å²) in [4.78, 5) is 29.0. The van der Waals surface area contributed by atoms with Gasteiger partial charge in [0.1, 0.15) is 18.0 Å². The van der Waals surface area contributed by atoms with Gasteiger partial charge in [-0.05, 0) is 32.4 Å². The van der Waals surface area contributed by atoms with Crippen LogP contribution < -0.4 is 10.6 Å². The van der Waals surface area contributed by atoms with E-state index in [1.165, 1.54) is 6.33 Å². The van der Waals surface area contributed by atoms with E-state index >= 15 is 0 Å². The van der Waals surface area contributed by atoms with Crippen molar-refractivity contribution in [3.63, 3.8) is 0 Å². The molecule has 0 aliphatic carbocycles. The Morgan fingerprint density at radius 3 is 2.71 bits per heavy atom. The number of benzene rings is 1. The molecule has 2 aromatic heterocycles. The monoisotopic (exact) mass is 384 g/mol. The van der Waals surface area contributed by atoms with E-state index < -0.39 is 23.6 Å². The highest BCUT2D eigenvalue weighted by molar-refractivity contribution is 5.96. The molecule has 9 heteroatoms. The van der Waals surface area contributed by atoms with Gasteiger partial charge < -0.3 is 14.6 Å². The van der Waals surface area contributed by atoms with E-state index in [0.29, 0.717) is 6.42 Å². The van der Waals surface area contributed by atoms with Crippen molar-refractivity contribution in [1.82, 2.24) is 25.1 Å². The topological polar surface area (TPSA) is 114 Å². The van der Waals surface area contributed by atoms with Crippen LogP contribution in [0.2, 0.25) is 0 Å². The number of amides is 2. The first-order valence-electron chi connectivity index (χ1n) is 8.91. The zero-order valence-corrected chi connectivity index (χ0v) is 16.3. The van der Waals surface area contributed by atoms with Crippen molar-refractivity contribution < 1.29 is 14.3 Å². The van der Waals surface area contributed by atoms with Gasteiger partial charge in [0, 0.05) is 30.6 Å². The van der Waals surface area contributed by atoms with Crippen LogP contribution in [0.5, 0.6) is 0 Å². The Balaban J connectivity index is 1.84. The minimum absolute atomic E-state index is 0.207. The molecule has 3 N–H and O–H groups in total. The number of H-pyrrole nitrogens is 1. The van der Waals surface area contributed by atoms with E-state index in [0.717, 1.165) is 16.5 Å². The van der Waals surface area contributed by atoms with E-state index in [1.807, 2.05) is 42.1 Å². The van der Waals surface area contributed by atoms with Gasteiger partial charge >= 0.3 is 6.09 Å². The summed E-state index contributed by atoms with van der Waals surface area (Å²) in [6.07, 6.45) is 2.87. The minimum atomic E-state index is -0.856. The van der Waals surface area contributed by atoms with Gasteiger partial charge in [-0.25, -0.2) is 9.89 Å². The second kappa shape index (κ2) is 7.71. The van der Waals surface area contributed by atoms with Gasteiger partial charge in [0.15, 0.2) is 0 Å². The van der Waals surface area contributed by atoms with E-state index in [4.69, 9.17) is 4.74 Å². The SMILES string of the molecule is Cn1cc(CC(NC(=O)OC(C)(C)C)C(=O)Nc2ncn[nH]2)c2ccccc21. The van der Waals surface area contributed by atoms with Crippen molar-refractivity contribution in [2.75, 3.05) is 5.32 Å². The zero-order chi connectivity index (χ0) is 20.3. The molecule has 1 atom stereocenters. The summed E-state index contributed by atoms with van der Waals surface area (Å²) < 4.78 is 7.30. The fraction of sp³-hybridized carbons (Fsp3) is 0.368. The van der Waals surface area contributed by atoms with Gasteiger partial charge in [-0.1, -0.05) is 18.2 Å². The van der Waals surface area contributed by atoms with Gasteiger partial charge in [-0.15, -0.1) is 0 Å². The minimum Gasteiger partial charge on any atom is -0.444 e. The first-order chi connectivity index (χ1) is 13.2. The number of hydrogen-bond acceptors (Lipinski definition) is 5. The fourth-order valence-electron chi connectivity index (χ4n) is 2.94. The molecular weight excluding hydrogens is 360 g/mol. The molecule has 0 bridgehead atoms. The number of aromatic amines is 1. The lowest BCUT2D eigenvalue weighted by Crippen LogP contribution is -2.47. The van der Waals surface area contributed by atoms with Crippen LogP contribution in [-0.2, 0) is 23.0 Å². The first kappa shape index (κ1) is 19.4. The molecule has 1 unspecified atom stereocenters. The molecule has 0 aliphatic heterocycles. The highest BCUT2D eigenvalue weighted by atomic mass is 16.6. The average Bonchev–Trinajstić information content (AvgIpc) is 3.21. The molecule has 0 radical (unpaired) electrons. The van der Waals surface area contributed by atoms with Crippen molar-refractivity contribution in [1.29, 1.82) is 0 Å². The highest BCUT2D eigenvalue weighted by Gasteiger charge is 2.26. The number of carbonyl (C=O) groups is 2. The predicted molar refractivity (Wildman–Crippen MR) is 105 cm³/mol. The molecule has 3 rings (SSSR count). The molecule has 2 heterocycles. The van der Waals surface area contributed by atoms with Crippen molar-refractivity contribution >= 4 is 28.9 Å². The second-order valence-electron chi connectivity index (χ2n) is 7.51. The number of hydrogen-bond donors (Lipinski definition) is 3. The van der Waals surface area contributed by atoms with Crippen LogP contribution in [0.25, 0.3) is 10.9 Å². The molecule has 9 nitrogen and oxygen atoms in total. The normalized spacial score (nSPS) is 12.6. The third-order valence-electron chi connectivity index (χ3n) is 4.07. The maximum absolute atomic E-state index is 12.8. The molecule has 0 saturated carbocycles. The number of carbonyl (C=O) groups excluding carboxylic acids is 2. The zero-order valence-electron chi connectivity index (χ0n) is 16.3. The number of alkyl carbamates (subject to hydrolysis) is 1. The lowest BCUT2D eigenvalue weighted by molar-refractivity contribution is -0.118. The Morgan fingerprint density at radius 1 is 1.29 bits per heavy atom. The number of para-hydroxylation sites is 1. The summed E-state index contributed by atoms with van der Waals surface area (Å²) in [5, 5.41) is 12.6. The van der Waals surface area contributed by atoms with Crippen LogP contribution in [0.1, 0.15) is 26.3 Å². The lowest BCUT2D eigenvalue weighted by Gasteiger charge is -2.23. The Labute approximate surface area is 162 Å². The largest absolute Gasteiger partial charge is 0.444 e. The van der Waals surface area contributed by atoms with E-state index in [-0.39, 0.29) is 5.95 Å². The van der Waals surface area contributed by atoms with Crippen molar-refractivity contribution in [2.24, 2.45) is 7.05 Å². The number of aryl methyl sites for hydroxylation is 1. The number of nitrogens with one attached hydrogen (secondary N) is 3. The maximum atomic E-state index is 12.8. The number of rotatable bonds is 5. The molecule has 0 saturated heterocycles. The van der Waals surface area contributed by atoms with Gasteiger partial charge in [0.05, 0.1) is 0 Å². The summed E-state index contributed by atoms with van der Waals surface area (Å²) in [6, 6.07) is 7.04. The smallest absolute Gasteiger partial charge is 0.408 e. The molecule has 3 aromatic rings. The molecule has 0 aliphatic rings. The summed E-state index contributed by atoms with van der Waals surface area (Å²) in [5.74, 6) is -0.213. The Bertz CT molecular complexity index is 971. The Morgan fingerprint density at radius 2 is 2.04 bits per heavy atom. The summed E-state index contributed by atoms with van der Waals surface area (Å²) in [5.41, 5.74) is 1.31. The average molecular weight is 384 g/mol. The third kappa shape index (κ3) is 4.67. The molecule has 148 valence electrons. The van der Waals surface area contributed by atoms with Crippen LogP contribution in [0.4, 0.5) is 10.7 Å². The van der Waals surface area contributed by atoms with Crippen LogP contribution in [-0.4, -0.2) is 43.4 Å². The predicted octanol–water partition coefficient (Wildman–Crippen LogP) is 2.37. The molecular formula is C19H24N6O3. The van der Waals surface area contributed by atoms with Crippen LogP contribution in [0.15, 0.2) is 36.8 Å². The number of aromatic nitrogens is 4. The van der Waals surface area contributed by atoms with Crippen molar-refractivity contribution in [3.05, 3.63) is 42.4 Å². The van der Waals surface area contributed by atoms with Crippen molar-refractivity contribution in [3.8, 4) is 0 Å². The Hall–Kier alpha value is -3.36. The Kier molecular flexibility index (Phi) is 5.34. The van der Waals surface area contributed by atoms with E-state index in [9.17, 15) is 9.59 Å². The third-order valence-corrected chi connectivity index (χ3v) is 4.07. The summed E-state index contributed by atoms with van der Waals surface area (Å²) in [6.45, 7) is 5.29. The van der Waals surface area contributed by atoms with Crippen LogP contribution >= 0.6 is 0 Å². The van der Waals surface area contributed by atoms with Gasteiger partial charge in [-0.3, -0.25) is 10.1 Å². The fourth-order valence-corrected chi connectivity index (χ4v) is 2.94. The molecule has 0 spiro atoms. The highest BCUT2D eigenvalue weighted by Crippen LogP contribution is 2.22. The van der Waals surface area contributed by atoms with Crippen LogP contribution in [0, 0.1) is 0 Å². The van der Waals surface area contributed by atoms with E-state index in [1.54, 1.807) is 20.8 Å². The quantitative estimate of drug-likeness (QED) is 0.625. The van der Waals surface area contributed by atoms with Gasteiger partial charge in [0.25, 0.3) is 0 Å². The molecule has 2 amide bonds. The summed E-state index contributed by atoms with van der Waals surface area (Å²) in [7, 11) is 1.94. The van der Waals surface area contributed by atoms with Crippen molar-refractivity contribution in [2.45, 2.75) is 38.8 Å². The maximum Gasteiger partial charge on any atom is 0.408 e. The first-order valence-corrected chi connectivity index (χ1v) is 8.91. The number of ether oxygens (including phenoxy) is 1. The van der Waals surface area contributed by atoms with Gasteiger partial charge in [0.2, 0.25) is 11.9 Å². The number of anilines is 1.